The van der Waals surface area contributed by atoms with Crippen LogP contribution in [0.4, 0.5) is 4.79 Å². The summed E-state index contributed by atoms with van der Waals surface area (Å²) >= 11 is 0. The number of esters is 1. The van der Waals surface area contributed by atoms with Gasteiger partial charge in [0.15, 0.2) is 0 Å². The number of hydrogen-bond acceptors (Lipinski definition) is 7. The normalized spacial score (nSPS) is 12.0. The summed E-state index contributed by atoms with van der Waals surface area (Å²) < 4.78 is 10.3. The standard InChI is InChI=1S/C25H28N2O9/c28-21(29)13-11-19(27-25(34)36-16-18-9-5-2-6-10-18)23(32)26-20(12-14-22(30)31)24(33)35-15-17-7-3-1-4-8-17/h1-10,19-20H,11-16H2,(H,26,32)(H,27,34)(H,28,29)(H,30,31)/t19-,20-/m0/s1. The van der Waals surface area contributed by atoms with Gasteiger partial charge in [0.05, 0.1) is 0 Å². The molecule has 0 aliphatic rings. The average Bonchev–Trinajstić information content (AvgIpc) is 2.87. The van der Waals surface area contributed by atoms with E-state index in [2.05, 4.69) is 10.6 Å². The van der Waals surface area contributed by atoms with Crippen LogP contribution in [0.1, 0.15) is 36.8 Å². The molecule has 0 heterocycles. The number of hydrogen-bond donors (Lipinski definition) is 4. The van der Waals surface area contributed by atoms with Crippen molar-refractivity contribution in [2.24, 2.45) is 0 Å². The van der Waals surface area contributed by atoms with Crippen LogP contribution in [0.2, 0.25) is 0 Å². The minimum absolute atomic E-state index is 0.0764. The van der Waals surface area contributed by atoms with Crippen molar-refractivity contribution in [2.45, 2.75) is 51.0 Å². The van der Waals surface area contributed by atoms with Crippen LogP contribution < -0.4 is 10.6 Å². The third kappa shape index (κ3) is 10.7. The van der Waals surface area contributed by atoms with Crippen LogP contribution in [0.3, 0.4) is 0 Å². The summed E-state index contributed by atoms with van der Waals surface area (Å²) in [6.07, 6.45) is -2.39. The first-order valence-electron chi connectivity index (χ1n) is 11.2. The van der Waals surface area contributed by atoms with Crippen molar-refractivity contribution in [2.75, 3.05) is 0 Å². The van der Waals surface area contributed by atoms with Crippen molar-refractivity contribution in [3.05, 3.63) is 71.8 Å². The number of ether oxygens (including phenoxy) is 2. The molecule has 0 unspecified atom stereocenters. The molecule has 0 saturated carbocycles. The van der Waals surface area contributed by atoms with Gasteiger partial charge in [0.2, 0.25) is 5.91 Å². The molecule has 2 aromatic rings. The quantitative estimate of drug-likeness (QED) is 0.284. The molecular formula is C25H28N2O9. The fourth-order valence-electron chi connectivity index (χ4n) is 3.06. The summed E-state index contributed by atoms with van der Waals surface area (Å²) in [5, 5.41) is 22.7. The highest BCUT2D eigenvalue weighted by Gasteiger charge is 2.29. The van der Waals surface area contributed by atoms with E-state index >= 15 is 0 Å². The van der Waals surface area contributed by atoms with Gasteiger partial charge in [-0.1, -0.05) is 60.7 Å². The predicted octanol–water partition coefficient (Wildman–Crippen LogP) is 2.24. The lowest BCUT2D eigenvalue weighted by atomic mass is 10.1. The molecule has 192 valence electrons. The molecule has 4 N–H and O–H groups in total. The Hall–Kier alpha value is -4.41. The third-order valence-corrected chi connectivity index (χ3v) is 4.94. The van der Waals surface area contributed by atoms with Crippen LogP contribution in [0.15, 0.2) is 60.7 Å². The van der Waals surface area contributed by atoms with Gasteiger partial charge in [-0.3, -0.25) is 14.4 Å². The van der Waals surface area contributed by atoms with Gasteiger partial charge in [-0.05, 0) is 24.0 Å². The lowest BCUT2D eigenvalue weighted by Crippen LogP contribution is -2.52. The Balaban J connectivity index is 2.03. The first kappa shape index (κ1) is 27.8. The van der Waals surface area contributed by atoms with E-state index in [1.807, 2.05) is 0 Å². The van der Waals surface area contributed by atoms with E-state index in [0.717, 1.165) is 0 Å². The first-order chi connectivity index (χ1) is 17.2. The van der Waals surface area contributed by atoms with Crippen molar-refractivity contribution >= 4 is 29.9 Å². The predicted molar refractivity (Wildman–Crippen MR) is 125 cm³/mol. The molecule has 11 heteroatoms. The topological polar surface area (TPSA) is 168 Å². The summed E-state index contributed by atoms with van der Waals surface area (Å²) in [7, 11) is 0. The SMILES string of the molecule is O=C(O)CC[C@H](NC(=O)OCc1ccccc1)C(=O)N[C@@H](CCC(=O)O)C(=O)OCc1ccccc1. The molecule has 0 saturated heterocycles. The van der Waals surface area contributed by atoms with Crippen LogP contribution in [0.5, 0.6) is 0 Å². The maximum Gasteiger partial charge on any atom is 0.408 e. The molecular weight excluding hydrogens is 472 g/mol. The van der Waals surface area contributed by atoms with E-state index < -0.39 is 54.8 Å². The van der Waals surface area contributed by atoms with E-state index in [1.165, 1.54) is 0 Å². The largest absolute Gasteiger partial charge is 0.481 e. The van der Waals surface area contributed by atoms with Crippen molar-refractivity contribution in [1.82, 2.24) is 10.6 Å². The van der Waals surface area contributed by atoms with E-state index in [4.69, 9.17) is 19.7 Å². The summed E-state index contributed by atoms with van der Waals surface area (Å²) in [5.41, 5.74) is 1.39. The van der Waals surface area contributed by atoms with Crippen molar-refractivity contribution in [1.29, 1.82) is 0 Å². The number of aliphatic carboxylic acids is 2. The fourth-order valence-corrected chi connectivity index (χ4v) is 3.06. The number of nitrogens with one attached hydrogen (secondary N) is 2. The number of carboxylic acid groups (broad SMARTS) is 2. The van der Waals surface area contributed by atoms with Crippen LogP contribution in [-0.4, -0.2) is 52.2 Å². The van der Waals surface area contributed by atoms with Gasteiger partial charge in [-0.2, -0.15) is 0 Å². The molecule has 0 aliphatic heterocycles. The number of rotatable bonds is 14. The van der Waals surface area contributed by atoms with Gasteiger partial charge in [0, 0.05) is 12.8 Å². The number of benzene rings is 2. The Bertz CT molecular complexity index is 1030. The molecule has 0 spiro atoms. The monoisotopic (exact) mass is 500 g/mol. The van der Waals surface area contributed by atoms with Gasteiger partial charge < -0.3 is 30.3 Å². The zero-order chi connectivity index (χ0) is 26.3. The van der Waals surface area contributed by atoms with Crippen molar-refractivity contribution < 1.29 is 43.7 Å². The molecule has 36 heavy (non-hydrogen) atoms. The summed E-state index contributed by atoms with van der Waals surface area (Å²) in [5.74, 6) is -4.12. The smallest absolute Gasteiger partial charge is 0.408 e. The van der Waals surface area contributed by atoms with E-state index in [0.29, 0.717) is 11.1 Å². The van der Waals surface area contributed by atoms with Crippen LogP contribution in [0, 0.1) is 0 Å². The summed E-state index contributed by atoms with van der Waals surface area (Å²) in [6, 6.07) is 14.8. The second-order valence-electron chi connectivity index (χ2n) is 7.78. The molecule has 0 aromatic heterocycles. The molecule has 2 atom stereocenters. The molecule has 0 aliphatic carbocycles. The van der Waals surface area contributed by atoms with Crippen LogP contribution >= 0.6 is 0 Å². The highest BCUT2D eigenvalue weighted by molar-refractivity contribution is 5.90. The third-order valence-electron chi connectivity index (χ3n) is 4.94. The van der Waals surface area contributed by atoms with Gasteiger partial charge >= 0.3 is 24.0 Å². The summed E-state index contributed by atoms with van der Waals surface area (Å²) in [4.78, 5) is 59.8. The van der Waals surface area contributed by atoms with Crippen LogP contribution in [-0.2, 0) is 41.9 Å². The van der Waals surface area contributed by atoms with Gasteiger partial charge in [0.1, 0.15) is 25.3 Å². The second kappa shape index (κ2) is 14.8. The lowest BCUT2D eigenvalue weighted by molar-refractivity contribution is -0.150. The maximum absolute atomic E-state index is 12.9. The summed E-state index contributed by atoms with van der Waals surface area (Å²) in [6.45, 7) is -0.168. The van der Waals surface area contributed by atoms with Crippen LogP contribution in [0.25, 0.3) is 0 Å². The van der Waals surface area contributed by atoms with Gasteiger partial charge in [-0.15, -0.1) is 0 Å². The minimum atomic E-state index is -1.35. The van der Waals surface area contributed by atoms with Crippen molar-refractivity contribution in [3.8, 4) is 0 Å². The molecule has 0 bridgehead atoms. The van der Waals surface area contributed by atoms with E-state index in [-0.39, 0.29) is 26.1 Å². The fraction of sp³-hybridized carbons (Fsp3) is 0.320. The number of carboxylic acids is 2. The Kier molecular flexibility index (Phi) is 11.4. The first-order valence-corrected chi connectivity index (χ1v) is 11.2. The Morgan fingerprint density at radius 2 is 1.14 bits per heavy atom. The number of carbonyl (C=O) groups is 5. The molecule has 0 radical (unpaired) electrons. The number of alkyl carbamates (subject to hydrolysis) is 1. The van der Waals surface area contributed by atoms with Gasteiger partial charge in [0.25, 0.3) is 0 Å². The molecule has 0 fully saturated rings. The average molecular weight is 501 g/mol. The zero-order valence-corrected chi connectivity index (χ0v) is 19.4. The minimum Gasteiger partial charge on any atom is -0.481 e. The lowest BCUT2D eigenvalue weighted by Gasteiger charge is -2.22. The second-order valence-corrected chi connectivity index (χ2v) is 7.78. The number of amides is 2. The highest BCUT2D eigenvalue weighted by atomic mass is 16.5. The number of carbonyl (C=O) groups excluding carboxylic acids is 3. The van der Waals surface area contributed by atoms with E-state index in [9.17, 15) is 24.0 Å². The Labute approximate surface area is 207 Å². The van der Waals surface area contributed by atoms with E-state index in [1.54, 1.807) is 60.7 Å². The highest BCUT2D eigenvalue weighted by Crippen LogP contribution is 2.08. The molecule has 2 amide bonds. The Morgan fingerprint density at radius 3 is 1.64 bits per heavy atom. The van der Waals surface area contributed by atoms with Crippen molar-refractivity contribution in [3.63, 3.8) is 0 Å². The molecule has 2 aromatic carbocycles. The maximum atomic E-state index is 12.9. The Morgan fingerprint density at radius 1 is 0.667 bits per heavy atom. The molecule has 11 nitrogen and oxygen atoms in total. The zero-order valence-electron chi connectivity index (χ0n) is 19.4. The molecule has 2 rings (SSSR count). The van der Waals surface area contributed by atoms with Gasteiger partial charge in [-0.25, -0.2) is 9.59 Å².